The lowest BCUT2D eigenvalue weighted by atomic mass is 10.0. The van der Waals surface area contributed by atoms with Gasteiger partial charge in [0.1, 0.15) is 5.54 Å². The second kappa shape index (κ2) is 7.19. The van der Waals surface area contributed by atoms with Crippen molar-refractivity contribution in [3.63, 3.8) is 0 Å². The maximum absolute atomic E-state index is 13.0. The summed E-state index contributed by atoms with van der Waals surface area (Å²) in [6.07, 6.45) is 0. The molecule has 5 nitrogen and oxygen atoms in total. The molecule has 3 aromatic rings. The van der Waals surface area contributed by atoms with Gasteiger partial charge in [-0.25, -0.2) is 4.68 Å². The van der Waals surface area contributed by atoms with Crippen LogP contribution in [0.1, 0.15) is 25.0 Å². The molecule has 1 amide bonds. The summed E-state index contributed by atoms with van der Waals surface area (Å²) in [5.41, 5.74) is 2.88. The van der Waals surface area contributed by atoms with Gasteiger partial charge in [0.25, 0.3) is 11.5 Å². The molecular formula is C22H23N3O2. The Kier molecular flexibility index (Phi) is 4.95. The first-order valence-electron chi connectivity index (χ1n) is 8.84. The predicted molar refractivity (Wildman–Crippen MR) is 108 cm³/mol. The predicted octanol–water partition coefficient (Wildman–Crippen LogP) is 3.90. The molecule has 0 saturated carbocycles. The molecule has 2 aromatic carbocycles. The van der Waals surface area contributed by atoms with Gasteiger partial charge >= 0.3 is 0 Å². The molecule has 0 bridgehead atoms. The summed E-state index contributed by atoms with van der Waals surface area (Å²) >= 11 is 0. The lowest BCUT2D eigenvalue weighted by Crippen LogP contribution is -2.47. The van der Waals surface area contributed by atoms with Crippen molar-refractivity contribution >= 4 is 11.6 Å². The number of benzene rings is 2. The van der Waals surface area contributed by atoms with Gasteiger partial charge in [0.2, 0.25) is 0 Å². The van der Waals surface area contributed by atoms with Gasteiger partial charge in [-0.15, -0.1) is 0 Å². The number of carbonyl (C=O) groups is 1. The lowest BCUT2D eigenvalue weighted by molar-refractivity contribution is -0.123. The lowest BCUT2D eigenvalue weighted by Gasteiger charge is -2.26. The third-order valence-electron chi connectivity index (χ3n) is 4.81. The fraction of sp³-hybridized carbons (Fsp3) is 0.227. The summed E-state index contributed by atoms with van der Waals surface area (Å²) in [5.74, 6) is -0.295. The second-order valence-electron chi connectivity index (χ2n) is 7.10. The minimum Gasteiger partial charge on any atom is -0.324 e. The monoisotopic (exact) mass is 361 g/mol. The maximum Gasteiger partial charge on any atom is 0.267 e. The van der Waals surface area contributed by atoms with Crippen LogP contribution in [0, 0.1) is 13.8 Å². The first-order valence-corrected chi connectivity index (χ1v) is 8.84. The molecule has 5 heteroatoms. The molecule has 0 fully saturated rings. The van der Waals surface area contributed by atoms with Gasteiger partial charge in [0.15, 0.2) is 0 Å². The quantitative estimate of drug-likeness (QED) is 0.766. The van der Waals surface area contributed by atoms with Gasteiger partial charge in [0, 0.05) is 17.3 Å². The highest BCUT2D eigenvalue weighted by molar-refractivity contribution is 5.96. The summed E-state index contributed by atoms with van der Waals surface area (Å²) < 4.78 is 1.25. The topological polar surface area (TPSA) is 64.0 Å². The van der Waals surface area contributed by atoms with E-state index in [0.717, 1.165) is 22.4 Å². The second-order valence-corrected chi connectivity index (χ2v) is 7.10. The van der Waals surface area contributed by atoms with E-state index in [1.807, 2.05) is 62.4 Å². The minimum absolute atomic E-state index is 0.295. The zero-order chi connectivity index (χ0) is 19.6. The number of amides is 1. The third-order valence-corrected chi connectivity index (χ3v) is 4.81. The fourth-order valence-corrected chi connectivity index (χ4v) is 2.83. The van der Waals surface area contributed by atoms with Crippen LogP contribution in [0.5, 0.6) is 0 Å². The fourth-order valence-electron chi connectivity index (χ4n) is 2.83. The highest BCUT2D eigenvalue weighted by Crippen LogP contribution is 2.22. The first kappa shape index (κ1) is 18.6. The Hall–Kier alpha value is -3.21. The summed E-state index contributed by atoms with van der Waals surface area (Å²) in [6, 6.07) is 18.4. The molecule has 0 saturated heterocycles. The zero-order valence-corrected chi connectivity index (χ0v) is 16.0. The van der Waals surface area contributed by atoms with E-state index in [-0.39, 0.29) is 11.5 Å². The standard InChI is InChI=1S/C22H23N3O2/c1-15-9-8-12-18(16(15)2)23-21(27)22(3,4)25-20(26)14-13-19(24-25)17-10-6-5-7-11-17/h5-14H,1-4H3,(H,23,27). The summed E-state index contributed by atoms with van der Waals surface area (Å²) in [5, 5.41) is 7.40. The smallest absolute Gasteiger partial charge is 0.267 e. The number of anilines is 1. The van der Waals surface area contributed by atoms with Crippen molar-refractivity contribution in [1.82, 2.24) is 9.78 Å². The Bertz CT molecular complexity index is 1040. The van der Waals surface area contributed by atoms with Crippen molar-refractivity contribution in [2.45, 2.75) is 33.2 Å². The molecular weight excluding hydrogens is 338 g/mol. The Morgan fingerprint density at radius 3 is 2.37 bits per heavy atom. The van der Waals surface area contributed by atoms with Crippen molar-refractivity contribution in [2.24, 2.45) is 0 Å². The summed E-state index contributed by atoms with van der Waals surface area (Å²) in [4.78, 5) is 25.4. The SMILES string of the molecule is Cc1cccc(NC(=O)C(C)(C)n2nc(-c3ccccc3)ccc2=O)c1C. The van der Waals surface area contributed by atoms with Crippen LogP contribution < -0.4 is 10.9 Å². The molecule has 0 spiro atoms. The molecule has 138 valence electrons. The van der Waals surface area contributed by atoms with E-state index in [2.05, 4.69) is 10.4 Å². The third kappa shape index (κ3) is 3.67. The molecule has 1 N–H and O–H groups in total. The zero-order valence-electron chi connectivity index (χ0n) is 16.0. The molecule has 0 unspecified atom stereocenters. The average molecular weight is 361 g/mol. The maximum atomic E-state index is 13.0. The molecule has 1 heterocycles. The van der Waals surface area contributed by atoms with E-state index in [9.17, 15) is 9.59 Å². The molecule has 0 atom stereocenters. The highest BCUT2D eigenvalue weighted by Gasteiger charge is 2.32. The number of rotatable bonds is 4. The first-order chi connectivity index (χ1) is 12.8. The number of hydrogen-bond acceptors (Lipinski definition) is 3. The van der Waals surface area contributed by atoms with Gasteiger partial charge in [-0.2, -0.15) is 5.10 Å². The van der Waals surface area contributed by atoms with Crippen molar-refractivity contribution in [3.05, 3.63) is 82.1 Å². The molecule has 0 aliphatic rings. The molecule has 1 aromatic heterocycles. The Morgan fingerprint density at radius 1 is 0.963 bits per heavy atom. The van der Waals surface area contributed by atoms with E-state index in [4.69, 9.17) is 0 Å². The van der Waals surface area contributed by atoms with Crippen LogP contribution >= 0.6 is 0 Å². The number of aryl methyl sites for hydroxylation is 1. The van der Waals surface area contributed by atoms with Crippen LogP contribution in [-0.4, -0.2) is 15.7 Å². The molecule has 27 heavy (non-hydrogen) atoms. The van der Waals surface area contributed by atoms with Gasteiger partial charge < -0.3 is 5.32 Å². The Morgan fingerprint density at radius 2 is 1.67 bits per heavy atom. The normalized spacial score (nSPS) is 11.3. The van der Waals surface area contributed by atoms with Crippen molar-refractivity contribution in [1.29, 1.82) is 0 Å². The van der Waals surface area contributed by atoms with Crippen LogP contribution in [-0.2, 0) is 10.3 Å². The van der Waals surface area contributed by atoms with Crippen molar-refractivity contribution in [2.75, 3.05) is 5.32 Å². The van der Waals surface area contributed by atoms with E-state index >= 15 is 0 Å². The summed E-state index contributed by atoms with van der Waals surface area (Å²) in [7, 11) is 0. The van der Waals surface area contributed by atoms with E-state index < -0.39 is 5.54 Å². The molecule has 0 radical (unpaired) electrons. The van der Waals surface area contributed by atoms with E-state index in [1.54, 1.807) is 19.9 Å². The van der Waals surface area contributed by atoms with Crippen LogP contribution in [0.2, 0.25) is 0 Å². The van der Waals surface area contributed by atoms with E-state index in [1.165, 1.54) is 10.7 Å². The average Bonchev–Trinajstić information content (AvgIpc) is 2.66. The van der Waals surface area contributed by atoms with Crippen LogP contribution in [0.25, 0.3) is 11.3 Å². The molecule has 3 rings (SSSR count). The van der Waals surface area contributed by atoms with Gasteiger partial charge in [0.05, 0.1) is 5.69 Å². The minimum atomic E-state index is -1.15. The largest absolute Gasteiger partial charge is 0.324 e. The van der Waals surface area contributed by atoms with E-state index in [0.29, 0.717) is 5.69 Å². The van der Waals surface area contributed by atoms with Gasteiger partial charge in [-0.05, 0) is 51.0 Å². The Balaban J connectivity index is 1.97. The summed E-state index contributed by atoms with van der Waals surface area (Å²) in [6.45, 7) is 7.33. The van der Waals surface area contributed by atoms with Gasteiger partial charge in [-0.1, -0.05) is 42.5 Å². The molecule has 0 aliphatic heterocycles. The van der Waals surface area contributed by atoms with Crippen LogP contribution in [0.15, 0.2) is 65.5 Å². The number of hydrogen-bond donors (Lipinski definition) is 1. The molecule has 0 aliphatic carbocycles. The number of carbonyl (C=O) groups excluding carboxylic acids is 1. The van der Waals surface area contributed by atoms with Crippen molar-refractivity contribution in [3.8, 4) is 11.3 Å². The van der Waals surface area contributed by atoms with Gasteiger partial charge in [-0.3, -0.25) is 9.59 Å². The number of aromatic nitrogens is 2. The van der Waals surface area contributed by atoms with Crippen LogP contribution in [0.4, 0.5) is 5.69 Å². The highest BCUT2D eigenvalue weighted by atomic mass is 16.2. The Labute approximate surface area is 158 Å². The number of nitrogens with one attached hydrogen (secondary N) is 1. The van der Waals surface area contributed by atoms with Crippen molar-refractivity contribution < 1.29 is 4.79 Å². The number of nitrogens with zero attached hydrogens (tertiary/aromatic N) is 2. The van der Waals surface area contributed by atoms with Crippen LogP contribution in [0.3, 0.4) is 0 Å².